The van der Waals surface area contributed by atoms with Crippen molar-refractivity contribution in [1.82, 2.24) is 36.7 Å². The fraction of sp³-hybridized carbons (Fsp3) is 0.500. The zero-order valence-corrected chi connectivity index (χ0v) is 49.9. The van der Waals surface area contributed by atoms with Gasteiger partial charge in [0.1, 0.15) is 12.6 Å². The molecule has 7 N–H and O–H groups in total. The van der Waals surface area contributed by atoms with Crippen molar-refractivity contribution in [3.63, 3.8) is 0 Å². The van der Waals surface area contributed by atoms with Gasteiger partial charge in [0.05, 0.1) is 39.3 Å². The van der Waals surface area contributed by atoms with E-state index in [1.165, 1.54) is 24.3 Å². The number of carbonyl (C=O) groups excluding carboxylic acids is 10. The number of hydrogen-bond donors (Lipinski definition) is 6. The van der Waals surface area contributed by atoms with E-state index in [0.29, 0.717) is 12.5 Å². The Balaban J connectivity index is -0.000000173. The van der Waals surface area contributed by atoms with E-state index in [1.807, 2.05) is 42.7 Å². The maximum atomic E-state index is 11.6. The molecular weight excluding hydrogens is 1020 g/mol. The molecule has 0 saturated carbocycles. The first-order valence-corrected chi connectivity index (χ1v) is 26.6. The summed E-state index contributed by atoms with van der Waals surface area (Å²) in [5, 5.41) is 5.20. The Morgan fingerprint density at radius 3 is 1.06 bits per heavy atom. The summed E-state index contributed by atoms with van der Waals surface area (Å²) in [4.78, 5) is 112. The molecule has 0 aromatic carbocycles. The van der Waals surface area contributed by atoms with Gasteiger partial charge in [-0.3, -0.25) is 59.0 Å². The lowest BCUT2D eigenvalue weighted by Gasteiger charge is -2.13. The average Bonchev–Trinajstić information content (AvgIpc) is 3.98. The van der Waals surface area contributed by atoms with Crippen LogP contribution in [0.4, 0.5) is 0 Å². The summed E-state index contributed by atoms with van der Waals surface area (Å²) in [6.45, 7) is 48.2. The van der Waals surface area contributed by atoms with Crippen molar-refractivity contribution in [2.75, 3.05) is 59.2 Å². The summed E-state index contributed by atoms with van der Waals surface area (Å²) in [6.07, 6.45) is 25.6. The highest BCUT2D eigenvalue weighted by Gasteiger charge is 2.24. The van der Waals surface area contributed by atoms with Crippen molar-refractivity contribution in [3.8, 4) is 0 Å². The molecule has 20 heteroatoms. The normalized spacial score (nSPS) is 12.0. The Bertz CT molecular complexity index is 1750. The molecule has 0 bridgehead atoms. The van der Waals surface area contributed by atoms with Crippen LogP contribution < -0.4 is 32.8 Å². The SMILES string of the molecule is C=CC(C)C.C=CC(C)C=O.C=CC(C)C=O.C=CC(C)CNNC(=O)CCOCCNC(=O)CCN1C(=O)C=CC1=O.C=CCC.C=CCC.C=CCC.C=CCC.NNC(=O)CCOCCNC(=O)CCN1C(=O)C=CC1=O. The van der Waals surface area contributed by atoms with E-state index in [0.717, 1.165) is 48.1 Å². The summed E-state index contributed by atoms with van der Waals surface area (Å²) in [5.41, 5.74) is 7.33. The van der Waals surface area contributed by atoms with Crippen LogP contribution in [0.5, 0.6) is 0 Å². The predicted octanol–water partition coefficient (Wildman–Crippen LogP) is 7.25. The van der Waals surface area contributed by atoms with Gasteiger partial charge in [0.25, 0.3) is 23.6 Å². The zero-order chi connectivity index (χ0) is 63.0. The number of hydrogen-bond acceptors (Lipinski definition) is 14. The van der Waals surface area contributed by atoms with E-state index in [1.54, 1.807) is 32.1 Å². The summed E-state index contributed by atoms with van der Waals surface area (Å²) in [5.74, 6) is 3.13. The van der Waals surface area contributed by atoms with Gasteiger partial charge in [-0.25, -0.2) is 11.3 Å². The molecule has 0 radical (unpaired) electrons. The molecule has 8 amide bonds. The number of amides is 8. The molecule has 0 aliphatic carbocycles. The van der Waals surface area contributed by atoms with Crippen LogP contribution in [0, 0.1) is 23.7 Å². The molecule has 0 aromatic rings. The van der Waals surface area contributed by atoms with Crippen molar-refractivity contribution in [1.29, 1.82) is 0 Å². The van der Waals surface area contributed by atoms with Crippen LogP contribution in [-0.2, 0) is 57.4 Å². The van der Waals surface area contributed by atoms with Gasteiger partial charge in [0.2, 0.25) is 23.6 Å². The smallest absolute Gasteiger partial charge is 0.253 e. The fourth-order valence-electron chi connectivity index (χ4n) is 3.61. The predicted molar refractivity (Wildman–Crippen MR) is 324 cm³/mol. The van der Waals surface area contributed by atoms with Gasteiger partial charge in [0, 0.05) is 81.7 Å². The number of nitrogens with one attached hydrogen (secondary N) is 5. The second-order valence-electron chi connectivity index (χ2n) is 16.7. The molecule has 0 fully saturated rings. The molecule has 3 unspecified atom stereocenters. The number of nitrogens with two attached hydrogens (primary N) is 1. The van der Waals surface area contributed by atoms with Crippen LogP contribution in [0.15, 0.2) is 126 Å². The Morgan fingerprint density at radius 2 is 0.825 bits per heavy atom. The number of imide groups is 2. The van der Waals surface area contributed by atoms with E-state index < -0.39 is 23.6 Å². The number of nitrogens with zero attached hydrogens (tertiary/aromatic N) is 2. The van der Waals surface area contributed by atoms with Gasteiger partial charge in [-0.1, -0.05) is 111 Å². The molecule has 80 heavy (non-hydrogen) atoms. The van der Waals surface area contributed by atoms with E-state index in [-0.39, 0.29) is 120 Å². The third-order valence-corrected chi connectivity index (χ3v) is 9.02. The molecule has 2 rings (SSSR count). The largest absolute Gasteiger partial charge is 0.379 e. The maximum Gasteiger partial charge on any atom is 0.253 e. The molecule has 0 aromatic heterocycles. The first-order valence-electron chi connectivity index (χ1n) is 26.6. The zero-order valence-electron chi connectivity index (χ0n) is 49.9. The van der Waals surface area contributed by atoms with E-state index in [9.17, 15) is 47.9 Å². The van der Waals surface area contributed by atoms with E-state index in [4.69, 9.17) is 15.3 Å². The van der Waals surface area contributed by atoms with Crippen LogP contribution in [0.25, 0.3) is 0 Å². The first-order chi connectivity index (χ1) is 38.0. The monoisotopic (exact) mass is 1130 g/mol. The lowest BCUT2D eigenvalue weighted by molar-refractivity contribution is -0.139. The lowest BCUT2D eigenvalue weighted by atomic mass is 10.2. The first kappa shape index (κ1) is 86.6. The summed E-state index contributed by atoms with van der Waals surface area (Å²) < 4.78 is 10.4. The third kappa shape index (κ3) is 68.8. The van der Waals surface area contributed by atoms with Gasteiger partial charge in [-0.15, -0.1) is 52.6 Å². The number of carbonyl (C=O) groups is 10. The highest BCUT2D eigenvalue weighted by molar-refractivity contribution is 6.13. The van der Waals surface area contributed by atoms with Crippen LogP contribution >= 0.6 is 0 Å². The van der Waals surface area contributed by atoms with Crippen molar-refractivity contribution in [2.24, 2.45) is 29.5 Å². The number of rotatable bonds is 31. The molecule has 454 valence electrons. The van der Waals surface area contributed by atoms with Gasteiger partial charge >= 0.3 is 0 Å². The molecule has 20 nitrogen and oxygen atoms in total. The Kier molecular flexibility index (Phi) is 73.5. The molecule has 2 heterocycles. The van der Waals surface area contributed by atoms with Crippen LogP contribution in [-0.4, -0.2) is 129 Å². The van der Waals surface area contributed by atoms with Crippen LogP contribution in [0.2, 0.25) is 0 Å². The van der Waals surface area contributed by atoms with Crippen molar-refractivity contribution >= 4 is 59.8 Å². The van der Waals surface area contributed by atoms with Crippen molar-refractivity contribution in [2.45, 2.75) is 114 Å². The number of aldehydes is 2. The van der Waals surface area contributed by atoms with Crippen molar-refractivity contribution < 1.29 is 57.4 Å². The lowest BCUT2D eigenvalue weighted by Crippen LogP contribution is -2.40. The van der Waals surface area contributed by atoms with Gasteiger partial charge in [0.15, 0.2) is 0 Å². The summed E-state index contributed by atoms with van der Waals surface area (Å²) >= 11 is 0. The highest BCUT2D eigenvalue weighted by atomic mass is 16.5. The minimum absolute atomic E-state index is 0.0185. The fourth-order valence-corrected chi connectivity index (χ4v) is 3.61. The van der Waals surface area contributed by atoms with Crippen molar-refractivity contribution in [3.05, 3.63) is 126 Å². The maximum absolute atomic E-state index is 11.6. The van der Waals surface area contributed by atoms with Crippen LogP contribution in [0.3, 0.4) is 0 Å². The standard InChI is InChI=1S/C17H26N4O5.C12H18N4O5.2C5H8O.C5H10.4C4H8/c1-3-13(2)12-19-20-15(23)7-10-26-11-8-18-14(22)6-9-21-16(24)4-5-17(21)25;13-15-10(18)4-7-21-8-5-14-9(17)3-6-16-11(19)1-2-12(16)20;2*1-3-5(2)4-6;1-4-5(2)3;4*1-3-4-2/h3-5,13,19H,1,6-12H2,2H3,(H,18,22)(H,20,23);1-2H,3-8,13H2,(H,14,17)(H,15,18);2*3-5H,1H2,2H3;4-5H,1H2,2-3H3;4*3H,1,4H2,2H3. The molecule has 0 saturated heterocycles. The van der Waals surface area contributed by atoms with Gasteiger partial charge in [-0.05, 0) is 37.5 Å². The number of hydrazine groups is 2. The topological polar surface area (TPSA) is 282 Å². The molecule has 0 spiro atoms. The highest BCUT2D eigenvalue weighted by Crippen LogP contribution is 2.05. The minimum Gasteiger partial charge on any atom is -0.379 e. The quantitative estimate of drug-likeness (QED) is 0.00759. The second-order valence-corrected chi connectivity index (χ2v) is 16.7. The summed E-state index contributed by atoms with van der Waals surface area (Å²) in [6, 6.07) is 0. The Hall–Kier alpha value is -7.26. The third-order valence-electron chi connectivity index (χ3n) is 9.02. The van der Waals surface area contributed by atoms with Gasteiger partial charge in [-0.2, -0.15) is 0 Å². The van der Waals surface area contributed by atoms with E-state index >= 15 is 0 Å². The Morgan fingerprint density at radius 1 is 0.512 bits per heavy atom. The average molecular weight is 1130 g/mol. The number of allylic oxidation sites excluding steroid dienone is 7. The molecule has 2 aliphatic rings. The molecule has 2 aliphatic heterocycles. The van der Waals surface area contributed by atoms with Gasteiger partial charge < -0.3 is 29.7 Å². The van der Waals surface area contributed by atoms with E-state index in [2.05, 4.69) is 116 Å². The molecule has 3 atom stereocenters. The number of ether oxygens (including phenoxy) is 2. The molecular formula is C60H102N8O12. The second kappa shape index (κ2) is 67.8. The van der Waals surface area contributed by atoms with Crippen LogP contribution in [0.1, 0.15) is 114 Å². The summed E-state index contributed by atoms with van der Waals surface area (Å²) in [7, 11) is 0. The minimum atomic E-state index is -0.408. The Labute approximate surface area is 480 Å².